The predicted molar refractivity (Wildman–Crippen MR) is 99.4 cm³/mol. The second kappa shape index (κ2) is 16.3. The maximum Gasteiger partial charge on any atom is 0.342 e. The summed E-state index contributed by atoms with van der Waals surface area (Å²) in [6.45, 7) is -1.13. The van der Waals surface area contributed by atoms with Gasteiger partial charge in [0.15, 0.2) is 0 Å². The van der Waals surface area contributed by atoms with Gasteiger partial charge in [0.05, 0.1) is 6.61 Å². The van der Waals surface area contributed by atoms with Crippen LogP contribution in [0.2, 0.25) is 0 Å². The zero-order valence-electron chi connectivity index (χ0n) is 14.8. The molecule has 0 aromatic heterocycles. The van der Waals surface area contributed by atoms with Crippen LogP contribution in [0.5, 0.6) is 0 Å². The number of nitrogens with zero attached hydrogens (tertiary/aromatic N) is 2. The quantitative estimate of drug-likeness (QED) is 0.0765. The van der Waals surface area contributed by atoms with Crippen molar-refractivity contribution in [2.75, 3.05) is 52.7 Å². The molecular weight excluding hydrogens is 466 g/mol. The maximum absolute atomic E-state index is 12.1. The van der Waals surface area contributed by atoms with Crippen molar-refractivity contribution in [3.63, 3.8) is 0 Å². The standard InChI is InChI=1S/C9H27N3O12P4/c10-2-1-5-24-28(19,20)9-12(8-23-27(17)18)4-3-11(6-21-25(13)14)7-22-26(15)16/h17-18,25-26H,1-10H2,(H,13,14)(H,15,16)(H,19,20). The molecule has 0 aromatic carbocycles. The van der Waals surface area contributed by atoms with Crippen LogP contribution in [0.15, 0.2) is 0 Å². The monoisotopic (exact) mass is 493 g/mol. The van der Waals surface area contributed by atoms with Gasteiger partial charge in [-0.15, -0.1) is 0 Å². The van der Waals surface area contributed by atoms with Gasteiger partial charge in [-0.1, -0.05) is 0 Å². The fourth-order valence-corrected chi connectivity index (χ4v) is 3.71. The Labute approximate surface area is 164 Å². The summed E-state index contributed by atoms with van der Waals surface area (Å²) in [4.78, 5) is 47.5. The first kappa shape index (κ1) is 28.6. The second-order valence-corrected chi connectivity index (χ2v) is 9.35. The van der Waals surface area contributed by atoms with Gasteiger partial charge < -0.3 is 34.7 Å². The fourth-order valence-electron chi connectivity index (χ4n) is 1.64. The molecule has 7 N–H and O–H groups in total. The summed E-state index contributed by atoms with van der Waals surface area (Å²) >= 11 is 0. The van der Waals surface area contributed by atoms with Gasteiger partial charge in [0.25, 0.3) is 0 Å². The van der Waals surface area contributed by atoms with E-state index < -0.39 is 59.2 Å². The fraction of sp³-hybridized carbons (Fsp3) is 1.00. The Kier molecular flexibility index (Phi) is 16.7. The SMILES string of the molecule is NCCCOP(=O)(O)CN(CCN(CO[PH](=O)O)CO[PH](=O)O)COP(O)O. The summed E-state index contributed by atoms with van der Waals surface area (Å²) < 4.78 is 52.1. The molecule has 3 unspecified atom stereocenters. The summed E-state index contributed by atoms with van der Waals surface area (Å²) in [5.74, 6) is 0. The molecule has 19 heteroatoms. The smallest absolute Gasteiger partial charge is 0.330 e. The summed E-state index contributed by atoms with van der Waals surface area (Å²) in [7, 11) is -13.3. The highest BCUT2D eigenvalue weighted by Crippen LogP contribution is 2.42. The number of nitrogens with two attached hydrogens (primary N) is 1. The minimum Gasteiger partial charge on any atom is -0.330 e. The molecule has 0 saturated carbocycles. The van der Waals surface area contributed by atoms with E-state index in [1.54, 1.807) is 0 Å². The molecule has 0 aliphatic heterocycles. The van der Waals surface area contributed by atoms with Crippen molar-refractivity contribution >= 4 is 32.7 Å². The minimum absolute atomic E-state index is 0.0226. The van der Waals surface area contributed by atoms with Gasteiger partial charge >= 0.3 is 32.7 Å². The van der Waals surface area contributed by atoms with Crippen LogP contribution in [0.4, 0.5) is 0 Å². The third kappa shape index (κ3) is 17.5. The van der Waals surface area contributed by atoms with Gasteiger partial charge in [0.1, 0.15) is 26.5 Å². The third-order valence-electron chi connectivity index (χ3n) is 2.85. The first-order valence-electron chi connectivity index (χ1n) is 7.69. The van der Waals surface area contributed by atoms with E-state index in [4.69, 9.17) is 29.8 Å². The van der Waals surface area contributed by atoms with Gasteiger partial charge in [-0.05, 0) is 13.0 Å². The molecule has 0 heterocycles. The lowest BCUT2D eigenvalue weighted by molar-refractivity contribution is 0.0341. The molecule has 0 saturated heterocycles. The number of rotatable bonds is 18. The van der Waals surface area contributed by atoms with Crippen molar-refractivity contribution < 1.29 is 56.3 Å². The van der Waals surface area contributed by atoms with E-state index in [2.05, 4.69) is 13.6 Å². The van der Waals surface area contributed by atoms with Crippen LogP contribution in [-0.4, -0.2) is 87.0 Å². The molecule has 0 spiro atoms. The average molecular weight is 493 g/mol. The molecule has 15 nitrogen and oxygen atoms in total. The molecule has 3 atom stereocenters. The highest BCUT2D eigenvalue weighted by molar-refractivity contribution is 7.52. The van der Waals surface area contributed by atoms with Gasteiger partial charge in [-0.25, -0.2) is 0 Å². The van der Waals surface area contributed by atoms with Crippen molar-refractivity contribution in [1.29, 1.82) is 0 Å². The molecule has 0 fully saturated rings. The Morgan fingerprint density at radius 2 is 1.54 bits per heavy atom. The lowest BCUT2D eigenvalue weighted by atomic mass is 10.5. The first-order chi connectivity index (χ1) is 13.1. The summed E-state index contributed by atoms with van der Waals surface area (Å²) in [5, 5.41) is 0. The Morgan fingerprint density at radius 1 is 1.00 bits per heavy atom. The van der Waals surface area contributed by atoms with Crippen LogP contribution in [0.25, 0.3) is 0 Å². The number of hydrogen-bond donors (Lipinski definition) is 6. The molecule has 28 heavy (non-hydrogen) atoms. The van der Waals surface area contributed by atoms with E-state index in [-0.39, 0.29) is 26.2 Å². The Morgan fingerprint density at radius 3 is 2.00 bits per heavy atom. The van der Waals surface area contributed by atoms with E-state index in [0.717, 1.165) is 0 Å². The highest BCUT2D eigenvalue weighted by Gasteiger charge is 2.25. The summed E-state index contributed by atoms with van der Waals surface area (Å²) in [6.07, 6.45) is -0.160. The van der Waals surface area contributed by atoms with Crippen molar-refractivity contribution in [2.45, 2.75) is 6.42 Å². The zero-order valence-corrected chi connectivity index (χ0v) is 18.6. The van der Waals surface area contributed by atoms with Crippen molar-refractivity contribution in [1.82, 2.24) is 9.80 Å². The zero-order chi connectivity index (χ0) is 21.6. The van der Waals surface area contributed by atoms with Crippen molar-refractivity contribution in [2.24, 2.45) is 5.73 Å². The van der Waals surface area contributed by atoms with E-state index in [1.165, 1.54) is 9.80 Å². The van der Waals surface area contributed by atoms with Crippen LogP contribution in [0.1, 0.15) is 6.42 Å². The third-order valence-corrected chi connectivity index (χ3v) is 5.29. The summed E-state index contributed by atoms with van der Waals surface area (Å²) in [5.41, 5.74) is 5.28. The van der Waals surface area contributed by atoms with E-state index in [9.17, 15) is 18.6 Å². The first-order valence-corrected chi connectivity index (χ1v) is 13.1. The molecule has 0 aliphatic rings. The van der Waals surface area contributed by atoms with Gasteiger partial charge in [-0.2, -0.15) is 0 Å². The largest absolute Gasteiger partial charge is 0.342 e. The van der Waals surface area contributed by atoms with Crippen LogP contribution < -0.4 is 5.73 Å². The Bertz CT molecular complexity index is 497. The predicted octanol–water partition coefficient (Wildman–Crippen LogP) is -1.00. The number of hydrogen-bond acceptors (Lipinski definition) is 12. The van der Waals surface area contributed by atoms with Gasteiger partial charge in [0.2, 0.25) is 0 Å². The molecule has 0 bridgehead atoms. The minimum atomic E-state index is -4.08. The van der Waals surface area contributed by atoms with Gasteiger partial charge in [0, 0.05) is 13.1 Å². The molecule has 0 aromatic rings. The van der Waals surface area contributed by atoms with Crippen LogP contribution in [0, 0.1) is 0 Å². The normalized spacial score (nSPS) is 16.6. The molecular formula is C9H27N3O12P4. The topological polar surface area (TPSA) is 222 Å². The van der Waals surface area contributed by atoms with Crippen LogP contribution >= 0.6 is 32.7 Å². The molecule has 0 aliphatic carbocycles. The Hall–Kier alpha value is 0.640. The lowest BCUT2D eigenvalue weighted by Gasteiger charge is -2.27. The van der Waals surface area contributed by atoms with Crippen LogP contribution in [-0.2, 0) is 31.8 Å². The maximum atomic E-state index is 12.1. The van der Waals surface area contributed by atoms with Crippen molar-refractivity contribution in [3.05, 3.63) is 0 Å². The average Bonchev–Trinajstić information content (AvgIpc) is 2.58. The van der Waals surface area contributed by atoms with E-state index >= 15 is 0 Å². The van der Waals surface area contributed by atoms with Crippen molar-refractivity contribution in [3.8, 4) is 0 Å². The summed E-state index contributed by atoms with van der Waals surface area (Å²) in [6, 6.07) is 0. The highest BCUT2D eigenvalue weighted by atomic mass is 31.2. The molecule has 0 amide bonds. The van der Waals surface area contributed by atoms with E-state index in [1.807, 2.05) is 0 Å². The van der Waals surface area contributed by atoms with Gasteiger partial charge in [-0.3, -0.25) is 37.1 Å². The molecule has 0 rings (SSSR count). The Balaban J connectivity index is 4.83. The van der Waals surface area contributed by atoms with Crippen LogP contribution in [0.3, 0.4) is 0 Å². The second-order valence-electron chi connectivity index (χ2n) is 5.13. The molecule has 0 radical (unpaired) electrons. The lowest BCUT2D eigenvalue weighted by Crippen LogP contribution is -2.38. The molecule has 170 valence electrons. The van der Waals surface area contributed by atoms with E-state index in [0.29, 0.717) is 6.42 Å².